The van der Waals surface area contributed by atoms with E-state index in [-0.39, 0.29) is 23.9 Å². The Hall–Kier alpha value is -2.11. The van der Waals surface area contributed by atoms with Crippen molar-refractivity contribution in [2.75, 3.05) is 5.32 Å². The van der Waals surface area contributed by atoms with E-state index >= 15 is 0 Å². The lowest BCUT2D eigenvalue weighted by Crippen LogP contribution is -2.45. The van der Waals surface area contributed by atoms with Crippen molar-refractivity contribution < 1.29 is 4.79 Å². The van der Waals surface area contributed by atoms with Gasteiger partial charge in [-0.25, -0.2) is 0 Å². The SMILES string of the molecule is Cc1cc(=O)n(C)cc1NC(=O)C(C)(N)c1ccccc1.Cl. The molecule has 0 aliphatic heterocycles. The normalized spacial score (nSPS) is 12.9. The van der Waals surface area contributed by atoms with Crippen molar-refractivity contribution in [3.05, 3.63) is 64.1 Å². The summed E-state index contributed by atoms with van der Waals surface area (Å²) in [5.74, 6) is -0.324. The number of pyridine rings is 1. The number of benzene rings is 1. The first-order valence-corrected chi connectivity index (χ1v) is 6.65. The number of anilines is 1. The van der Waals surface area contributed by atoms with Crippen molar-refractivity contribution in [1.82, 2.24) is 4.57 Å². The fourth-order valence-corrected chi connectivity index (χ4v) is 2.02. The molecule has 0 aliphatic carbocycles. The van der Waals surface area contributed by atoms with Gasteiger partial charge in [0.15, 0.2) is 0 Å². The number of aromatic nitrogens is 1. The average Bonchev–Trinajstić information content (AvgIpc) is 2.45. The van der Waals surface area contributed by atoms with Crippen molar-refractivity contribution in [3.8, 4) is 0 Å². The van der Waals surface area contributed by atoms with Gasteiger partial charge in [0.2, 0.25) is 5.91 Å². The van der Waals surface area contributed by atoms with Crippen LogP contribution >= 0.6 is 12.4 Å². The van der Waals surface area contributed by atoms with Gasteiger partial charge in [-0.05, 0) is 25.0 Å². The topological polar surface area (TPSA) is 77.1 Å². The van der Waals surface area contributed by atoms with E-state index in [0.29, 0.717) is 11.3 Å². The highest BCUT2D eigenvalue weighted by Crippen LogP contribution is 2.20. The molecule has 0 bridgehead atoms. The van der Waals surface area contributed by atoms with Gasteiger partial charge in [0.25, 0.3) is 5.56 Å². The monoisotopic (exact) mass is 321 g/mol. The quantitative estimate of drug-likeness (QED) is 0.906. The lowest BCUT2D eigenvalue weighted by molar-refractivity contribution is -0.120. The molecule has 2 rings (SSSR count). The number of nitrogens with zero attached hydrogens (tertiary/aromatic N) is 1. The number of nitrogens with two attached hydrogens (primary N) is 1. The molecule has 1 aromatic heterocycles. The van der Waals surface area contributed by atoms with Crippen LogP contribution in [0.4, 0.5) is 5.69 Å². The number of carbonyl (C=O) groups excluding carboxylic acids is 1. The molecule has 118 valence electrons. The molecule has 1 aromatic carbocycles. The van der Waals surface area contributed by atoms with Gasteiger partial charge in [-0.3, -0.25) is 9.59 Å². The van der Waals surface area contributed by atoms with E-state index in [4.69, 9.17) is 5.73 Å². The van der Waals surface area contributed by atoms with E-state index in [1.807, 2.05) is 30.3 Å². The van der Waals surface area contributed by atoms with Gasteiger partial charge >= 0.3 is 0 Å². The zero-order chi connectivity index (χ0) is 15.6. The second kappa shape index (κ2) is 6.77. The van der Waals surface area contributed by atoms with Crippen LogP contribution in [0.5, 0.6) is 0 Å². The molecule has 1 heterocycles. The van der Waals surface area contributed by atoms with Gasteiger partial charge < -0.3 is 15.6 Å². The summed E-state index contributed by atoms with van der Waals surface area (Å²) in [5, 5.41) is 2.79. The van der Waals surface area contributed by atoms with Crippen LogP contribution in [0.2, 0.25) is 0 Å². The molecular weight excluding hydrogens is 302 g/mol. The molecular formula is C16H20ClN3O2. The number of nitrogens with one attached hydrogen (secondary N) is 1. The molecule has 1 amide bonds. The third-order valence-corrected chi connectivity index (χ3v) is 3.53. The summed E-state index contributed by atoms with van der Waals surface area (Å²) in [6.07, 6.45) is 1.59. The lowest BCUT2D eigenvalue weighted by Gasteiger charge is -2.24. The largest absolute Gasteiger partial charge is 0.323 e. The lowest BCUT2D eigenvalue weighted by atomic mass is 9.92. The zero-order valence-electron chi connectivity index (χ0n) is 12.8. The Kier molecular flexibility index (Phi) is 5.52. The summed E-state index contributed by atoms with van der Waals surface area (Å²) >= 11 is 0. The van der Waals surface area contributed by atoms with Crippen LogP contribution in [0.3, 0.4) is 0 Å². The number of rotatable bonds is 3. The van der Waals surface area contributed by atoms with Crippen molar-refractivity contribution in [1.29, 1.82) is 0 Å². The van der Waals surface area contributed by atoms with Crippen LogP contribution in [0, 0.1) is 6.92 Å². The average molecular weight is 322 g/mol. The Bertz CT molecular complexity index is 724. The first-order valence-electron chi connectivity index (χ1n) is 6.65. The maximum atomic E-state index is 12.5. The second-order valence-electron chi connectivity index (χ2n) is 5.34. The first kappa shape index (κ1) is 17.9. The van der Waals surface area contributed by atoms with Crippen molar-refractivity contribution in [2.24, 2.45) is 12.8 Å². The van der Waals surface area contributed by atoms with Gasteiger partial charge in [0, 0.05) is 19.3 Å². The van der Waals surface area contributed by atoms with Crippen molar-refractivity contribution in [2.45, 2.75) is 19.4 Å². The summed E-state index contributed by atoms with van der Waals surface area (Å²) in [4.78, 5) is 24.0. The molecule has 0 saturated heterocycles. The number of hydrogen-bond acceptors (Lipinski definition) is 3. The van der Waals surface area contributed by atoms with Crippen LogP contribution in [0.1, 0.15) is 18.1 Å². The summed E-state index contributed by atoms with van der Waals surface area (Å²) in [6, 6.07) is 10.7. The second-order valence-corrected chi connectivity index (χ2v) is 5.34. The molecule has 0 fully saturated rings. The summed E-state index contributed by atoms with van der Waals surface area (Å²) < 4.78 is 1.42. The van der Waals surface area contributed by atoms with E-state index < -0.39 is 5.54 Å². The first-order chi connectivity index (χ1) is 9.82. The number of aryl methyl sites for hydroxylation is 2. The predicted octanol–water partition coefficient (Wildman–Crippen LogP) is 1.93. The smallest absolute Gasteiger partial charge is 0.250 e. The van der Waals surface area contributed by atoms with Gasteiger partial charge in [-0.15, -0.1) is 12.4 Å². The Labute approximate surface area is 135 Å². The Balaban J connectivity index is 0.00000242. The van der Waals surface area contributed by atoms with Crippen LogP contribution in [-0.2, 0) is 17.4 Å². The highest BCUT2D eigenvalue weighted by molar-refractivity contribution is 5.98. The van der Waals surface area contributed by atoms with Crippen molar-refractivity contribution >= 4 is 24.0 Å². The molecule has 5 nitrogen and oxygen atoms in total. The standard InChI is InChI=1S/C16H19N3O2.ClH/c1-11-9-14(20)19(3)10-13(11)18-15(21)16(2,17)12-7-5-4-6-8-12;/h4-10H,17H2,1-3H3,(H,18,21);1H. The molecule has 6 heteroatoms. The predicted molar refractivity (Wildman–Crippen MR) is 90.3 cm³/mol. The minimum Gasteiger partial charge on any atom is -0.323 e. The molecule has 2 aromatic rings. The highest BCUT2D eigenvalue weighted by atomic mass is 35.5. The molecule has 1 atom stereocenters. The highest BCUT2D eigenvalue weighted by Gasteiger charge is 2.30. The fourth-order valence-electron chi connectivity index (χ4n) is 2.02. The van der Waals surface area contributed by atoms with Crippen molar-refractivity contribution in [3.63, 3.8) is 0 Å². The number of halogens is 1. The molecule has 1 unspecified atom stereocenters. The molecule has 0 spiro atoms. The number of amides is 1. The number of hydrogen-bond donors (Lipinski definition) is 2. The van der Waals surface area contributed by atoms with E-state index in [2.05, 4.69) is 5.32 Å². The Morgan fingerprint density at radius 2 is 1.86 bits per heavy atom. The van der Waals surface area contributed by atoms with Crippen LogP contribution < -0.4 is 16.6 Å². The summed E-state index contributed by atoms with van der Waals surface area (Å²) in [7, 11) is 1.64. The van der Waals surface area contributed by atoms with Crippen LogP contribution in [0.25, 0.3) is 0 Å². The molecule has 0 saturated carbocycles. The molecule has 0 radical (unpaired) electrons. The third-order valence-electron chi connectivity index (χ3n) is 3.53. The van der Waals surface area contributed by atoms with E-state index in [0.717, 1.165) is 5.56 Å². The zero-order valence-corrected chi connectivity index (χ0v) is 13.6. The number of carbonyl (C=O) groups is 1. The minimum absolute atomic E-state index is 0. The van der Waals surface area contributed by atoms with Gasteiger partial charge in [0.1, 0.15) is 5.54 Å². The molecule has 0 aliphatic rings. The van der Waals surface area contributed by atoms with Gasteiger partial charge in [-0.1, -0.05) is 30.3 Å². The van der Waals surface area contributed by atoms with E-state index in [9.17, 15) is 9.59 Å². The van der Waals surface area contributed by atoms with E-state index in [1.54, 1.807) is 27.1 Å². The fraction of sp³-hybridized carbons (Fsp3) is 0.250. The maximum absolute atomic E-state index is 12.5. The Morgan fingerprint density at radius 3 is 2.45 bits per heavy atom. The van der Waals surface area contributed by atoms with Gasteiger partial charge in [0.05, 0.1) is 5.69 Å². The molecule has 3 N–H and O–H groups in total. The van der Waals surface area contributed by atoms with E-state index in [1.165, 1.54) is 10.6 Å². The summed E-state index contributed by atoms with van der Waals surface area (Å²) in [5.41, 5.74) is 6.90. The molecule has 22 heavy (non-hydrogen) atoms. The van der Waals surface area contributed by atoms with Gasteiger partial charge in [-0.2, -0.15) is 0 Å². The Morgan fingerprint density at radius 1 is 1.27 bits per heavy atom. The summed E-state index contributed by atoms with van der Waals surface area (Å²) in [6.45, 7) is 3.43. The maximum Gasteiger partial charge on any atom is 0.250 e. The van der Waals surface area contributed by atoms with Crippen LogP contribution in [-0.4, -0.2) is 10.5 Å². The minimum atomic E-state index is -1.15. The third kappa shape index (κ3) is 3.55. The van der Waals surface area contributed by atoms with Crippen LogP contribution in [0.15, 0.2) is 47.4 Å².